The molecule has 3 rings (SSSR count). The molecule has 0 heterocycles. The number of nitrogens with one attached hydrogen (secondary N) is 1. The molecule has 2 N–H and O–H groups in total. The van der Waals surface area contributed by atoms with Crippen LogP contribution in [0.4, 0.5) is 17.1 Å². The second-order valence-corrected chi connectivity index (χ2v) is 12.3. The molecule has 0 unspecified atom stereocenters. The van der Waals surface area contributed by atoms with Gasteiger partial charge in [0.05, 0.1) is 5.69 Å². The molecule has 0 radical (unpaired) electrons. The second-order valence-electron chi connectivity index (χ2n) is 10.2. The molecule has 0 bridgehead atoms. The van der Waals surface area contributed by atoms with Crippen LogP contribution in [-0.4, -0.2) is 57.7 Å². The lowest BCUT2D eigenvalue weighted by atomic mass is 10.1. The highest BCUT2D eigenvalue weighted by molar-refractivity contribution is 8.00. The number of nitrogens with zero attached hydrogens (tertiary/aromatic N) is 2. The summed E-state index contributed by atoms with van der Waals surface area (Å²) < 4.78 is 1.98. The Hall–Kier alpha value is -1.83. The molecule has 0 amide bonds. The van der Waals surface area contributed by atoms with Crippen LogP contribution in [0.25, 0.3) is 0 Å². The number of aliphatic hydroxyl groups excluding tert-OH is 1. The minimum atomic E-state index is 0.0841. The first-order chi connectivity index (χ1) is 17.8. The largest absolute Gasteiger partial charge is 0.396 e. The smallest absolute Gasteiger partial charge is 0.152 e. The van der Waals surface area contributed by atoms with Gasteiger partial charge in [0.25, 0.3) is 0 Å². The van der Waals surface area contributed by atoms with Gasteiger partial charge in [-0.15, -0.1) is 11.8 Å². The summed E-state index contributed by atoms with van der Waals surface area (Å²) in [4.78, 5) is 14.9. The average molecular weight is 546 g/mol. The third kappa shape index (κ3) is 10.1. The predicted molar refractivity (Wildman–Crippen MR) is 166 cm³/mol. The number of aliphatic hydroxyl groups is 1. The minimum Gasteiger partial charge on any atom is -0.396 e. The Balaban J connectivity index is 0.000000271. The van der Waals surface area contributed by atoms with Gasteiger partial charge in [-0.25, -0.2) is 0 Å². The number of thioether (sulfide) groups is 1. The summed E-state index contributed by atoms with van der Waals surface area (Å²) in [7, 11) is 5.95. The van der Waals surface area contributed by atoms with Crippen molar-refractivity contribution in [2.45, 2.75) is 57.3 Å². The lowest BCUT2D eigenvalue weighted by molar-refractivity contribution is 0.112. The monoisotopic (exact) mass is 545 g/mol. The van der Waals surface area contributed by atoms with Crippen molar-refractivity contribution >= 4 is 47.1 Å². The first-order valence-electron chi connectivity index (χ1n) is 13.4. The Morgan fingerprint density at radius 2 is 1.81 bits per heavy atom. The van der Waals surface area contributed by atoms with Crippen LogP contribution in [0.1, 0.15) is 62.7 Å². The third-order valence-electron chi connectivity index (χ3n) is 7.25. The fraction of sp³-hybridized carbons (Fsp3) is 0.567. The molecule has 1 aliphatic carbocycles. The molecule has 0 aromatic heterocycles. The number of rotatable bonds is 15. The molecule has 7 heteroatoms. The molecule has 0 saturated heterocycles. The summed E-state index contributed by atoms with van der Waals surface area (Å²) in [5, 5.41) is 12.5. The van der Waals surface area contributed by atoms with Crippen molar-refractivity contribution in [3.63, 3.8) is 0 Å². The molecule has 2 atom stereocenters. The van der Waals surface area contributed by atoms with E-state index < -0.39 is 0 Å². The van der Waals surface area contributed by atoms with Gasteiger partial charge < -0.3 is 19.6 Å². The first-order valence-corrected chi connectivity index (χ1v) is 15.6. The van der Waals surface area contributed by atoms with Crippen LogP contribution in [0.3, 0.4) is 0 Å². The Morgan fingerprint density at radius 3 is 2.38 bits per heavy atom. The molecule has 37 heavy (non-hydrogen) atoms. The van der Waals surface area contributed by atoms with E-state index in [9.17, 15) is 9.90 Å². The molecule has 1 saturated carbocycles. The Kier molecular flexibility index (Phi) is 13.7. The first kappa shape index (κ1) is 31.4. The van der Waals surface area contributed by atoms with Crippen molar-refractivity contribution in [2.75, 3.05) is 60.8 Å². The molecular formula is C30H47N3O2S2. The summed E-state index contributed by atoms with van der Waals surface area (Å²) in [5.74, 6) is 1.78. The summed E-state index contributed by atoms with van der Waals surface area (Å²) in [6.45, 7) is 5.55. The summed E-state index contributed by atoms with van der Waals surface area (Å²) in [6.07, 6.45) is 10.8. The van der Waals surface area contributed by atoms with E-state index >= 15 is 0 Å². The van der Waals surface area contributed by atoms with E-state index in [0.29, 0.717) is 11.5 Å². The molecule has 0 aliphatic heterocycles. The molecule has 2 aromatic carbocycles. The molecule has 206 valence electrons. The standard InChI is InChI=1S/C16H24N2O2S.C14H23NS/c1-16(11-20)8-13(16)9-17(2)14-5-6-15(18(3)21-4)12(7-14)10-19;1-3-4-5-6-7-12-16-14-10-8-13(15-2)9-11-14/h5-7,10,13,20H,8-9,11H2,1-4H3;8-11,15H,3-7,12H2,1-2H3/t13-,16-;/m0./s1. The van der Waals surface area contributed by atoms with E-state index in [1.165, 1.54) is 48.4 Å². The van der Waals surface area contributed by atoms with Gasteiger partial charge >= 0.3 is 0 Å². The second kappa shape index (κ2) is 16.2. The van der Waals surface area contributed by atoms with Crippen molar-refractivity contribution in [3.8, 4) is 0 Å². The van der Waals surface area contributed by atoms with Crippen molar-refractivity contribution in [3.05, 3.63) is 48.0 Å². The number of hydrogen-bond donors (Lipinski definition) is 2. The quantitative estimate of drug-likeness (QED) is 0.104. The summed E-state index contributed by atoms with van der Waals surface area (Å²) >= 11 is 3.55. The fourth-order valence-corrected chi connectivity index (χ4v) is 5.57. The van der Waals surface area contributed by atoms with Crippen LogP contribution in [0, 0.1) is 11.3 Å². The topological polar surface area (TPSA) is 55.8 Å². The van der Waals surface area contributed by atoms with Gasteiger partial charge in [0.2, 0.25) is 0 Å². The highest BCUT2D eigenvalue weighted by Crippen LogP contribution is 2.52. The van der Waals surface area contributed by atoms with E-state index in [1.807, 2.05) is 61.7 Å². The van der Waals surface area contributed by atoms with Crippen LogP contribution in [0.15, 0.2) is 47.4 Å². The highest BCUT2D eigenvalue weighted by Gasteiger charge is 2.49. The Bertz CT molecular complexity index is 941. The zero-order chi connectivity index (χ0) is 27.3. The maximum Gasteiger partial charge on any atom is 0.152 e. The normalized spacial score (nSPS) is 18.0. The van der Waals surface area contributed by atoms with E-state index in [2.05, 4.69) is 48.3 Å². The third-order valence-corrected chi connectivity index (χ3v) is 9.09. The number of anilines is 3. The van der Waals surface area contributed by atoms with Crippen molar-refractivity contribution < 1.29 is 9.90 Å². The van der Waals surface area contributed by atoms with Crippen molar-refractivity contribution in [2.24, 2.45) is 11.3 Å². The lowest BCUT2D eigenvalue weighted by Gasteiger charge is -2.23. The van der Waals surface area contributed by atoms with Gasteiger partial charge in [0, 0.05) is 62.4 Å². The van der Waals surface area contributed by atoms with Gasteiger partial charge in [-0.1, -0.05) is 51.5 Å². The van der Waals surface area contributed by atoms with Gasteiger partial charge in [-0.05, 0) is 72.4 Å². The van der Waals surface area contributed by atoms with Crippen molar-refractivity contribution in [1.82, 2.24) is 0 Å². The molecule has 1 fully saturated rings. The van der Waals surface area contributed by atoms with Crippen LogP contribution in [-0.2, 0) is 0 Å². The lowest BCUT2D eigenvalue weighted by Crippen LogP contribution is -2.23. The predicted octanol–water partition coefficient (Wildman–Crippen LogP) is 7.46. The Morgan fingerprint density at radius 1 is 1.11 bits per heavy atom. The average Bonchev–Trinajstić information content (AvgIpc) is 3.59. The number of hydrogen-bond acceptors (Lipinski definition) is 7. The van der Waals surface area contributed by atoms with E-state index in [1.54, 1.807) is 11.9 Å². The number of carbonyl (C=O) groups excluding carboxylic acids is 1. The van der Waals surface area contributed by atoms with E-state index in [0.717, 1.165) is 30.6 Å². The molecular weight excluding hydrogens is 498 g/mol. The van der Waals surface area contributed by atoms with Crippen LogP contribution in [0.5, 0.6) is 0 Å². The molecule has 2 aromatic rings. The fourth-order valence-electron chi connectivity index (χ4n) is 4.29. The van der Waals surface area contributed by atoms with E-state index in [-0.39, 0.29) is 12.0 Å². The molecule has 0 spiro atoms. The highest BCUT2D eigenvalue weighted by atomic mass is 32.2. The van der Waals surface area contributed by atoms with Crippen LogP contribution >= 0.6 is 23.7 Å². The number of benzene rings is 2. The zero-order valence-electron chi connectivity index (χ0n) is 23.6. The maximum atomic E-state index is 11.3. The van der Waals surface area contributed by atoms with Gasteiger partial charge in [0.15, 0.2) is 6.29 Å². The maximum absolute atomic E-state index is 11.3. The molecule has 5 nitrogen and oxygen atoms in total. The minimum absolute atomic E-state index is 0.0841. The van der Waals surface area contributed by atoms with Gasteiger partial charge in [-0.3, -0.25) is 4.79 Å². The number of carbonyl (C=O) groups is 1. The van der Waals surface area contributed by atoms with Gasteiger partial charge in [0.1, 0.15) is 0 Å². The summed E-state index contributed by atoms with van der Waals surface area (Å²) in [5.41, 5.74) is 3.95. The van der Waals surface area contributed by atoms with Crippen LogP contribution < -0.4 is 14.5 Å². The van der Waals surface area contributed by atoms with E-state index in [4.69, 9.17) is 0 Å². The molecule has 1 aliphatic rings. The Labute approximate surface area is 233 Å². The summed E-state index contributed by atoms with van der Waals surface area (Å²) in [6, 6.07) is 14.6. The zero-order valence-corrected chi connectivity index (χ0v) is 25.3. The van der Waals surface area contributed by atoms with Gasteiger partial charge in [-0.2, -0.15) is 0 Å². The number of aldehydes is 1. The number of unbranched alkanes of at least 4 members (excludes halogenated alkanes) is 4. The van der Waals surface area contributed by atoms with Crippen LogP contribution in [0.2, 0.25) is 0 Å². The van der Waals surface area contributed by atoms with Crippen molar-refractivity contribution in [1.29, 1.82) is 0 Å². The SMILES string of the molecule is CCCCCCCSc1ccc(NC)cc1.CSN(C)c1ccc(N(C)C[C@@H]2C[C@@]2(C)CO)cc1C=O.